The molecule has 1 aliphatic rings. The Morgan fingerprint density at radius 2 is 1.69 bits per heavy atom. The molecule has 0 atom stereocenters. The number of aromatic nitrogens is 1. The van der Waals surface area contributed by atoms with Crippen LogP contribution in [0.4, 0.5) is 4.79 Å². The van der Waals surface area contributed by atoms with Crippen molar-refractivity contribution >= 4 is 34.8 Å². The molecule has 0 radical (unpaired) electrons. The van der Waals surface area contributed by atoms with Gasteiger partial charge in [-0.1, -0.05) is 42.5 Å². The topological polar surface area (TPSA) is 89.4 Å². The number of ether oxygens (including phenoxy) is 1. The minimum absolute atomic E-state index is 0.106. The van der Waals surface area contributed by atoms with Crippen molar-refractivity contribution in [3.63, 3.8) is 0 Å². The van der Waals surface area contributed by atoms with Crippen LogP contribution in [0.15, 0.2) is 66.8 Å². The zero-order chi connectivity index (χ0) is 22.7. The van der Waals surface area contributed by atoms with E-state index in [9.17, 15) is 14.4 Å². The van der Waals surface area contributed by atoms with Crippen molar-refractivity contribution < 1.29 is 19.1 Å². The Balaban J connectivity index is 1.64. The molecule has 2 aromatic carbocycles. The second-order valence-electron chi connectivity index (χ2n) is 7.41. The maximum Gasteiger partial charge on any atom is 0.328 e. The fourth-order valence-corrected chi connectivity index (χ4v) is 3.89. The minimum Gasteiger partial charge on any atom is -0.491 e. The van der Waals surface area contributed by atoms with Gasteiger partial charge in [-0.05, 0) is 37.1 Å². The highest BCUT2D eigenvalue weighted by Gasteiger charge is 2.28. The highest BCUT2D eigenvalue weighted by molar-refractivity contribution is 6.31. The van der Waals surface area contributed by atoms with Crippen LogP contribution in [0.2, 0.25) is 0 Å². The Labute approximate surface area is 185 Å². The maximum absolute atomic E-state index is 12.2. The summed E-state index contributed by atoms with van der Waals surface area (Å²) in [7, 11) is 0. The molecule has 1 aliphatic heterocycles. The first-order chi connectivity index (χ1) is 15.5. The fourth-order valence-electron chi connectivity index (χ4n) is 3.89. The lowest BCUT2D eigenvalue weighted by Crippen LogP contribution is -2.51. The molecule has 162 valence electrons. The zero-order valence-corrected chi connectivity index (χ0v) is 17.7. The van der Waals surface area contributed by atoms with Crippen LogP contribution in [-0.2, 0) is 22.6 Å². The Morgan fingerprint density at radius 1 is 1.00 bits per heavy atom. The molecule has 0 saturated carbocycles. The zero-order valence-electron chi connectivity index (χ0n) is 17.7. The van der Waals surface area contributed by atoms with Crippen LogP contribution in [0.1, 0.15) is 16.8 Å². The number of nitrogens with zero attached hydrogens (tertiary/aromatic N) is 1. The third kappa shape index (κ3) is 4.05. The number of barbiturate groups is 1. The third-order valence-electron chi connectivity index (χ3n) is 5.42. The van der Waals surface area contributed by atoms with Gasteiger partial charge in [0.2, 0.25) is 0 Å². The molecule has 0 aliphatic carbocycles. The van der Waals surface area contributed by atoms with Crippen LogP contribution in [-0.4, -0.2) is 29.0 Å². The van der Waals surface area contributed by atoms with Crippen molar-refractivity contribution in [1.82, 2.24) is 15.2 Å². The summed E-state index contributed by atoms with van der Waals surface area (Å²) in [5, 5.41) is 5.13. The first kappa shape index (κ1) is 21.1. The average Bonchev–Trinajstić information content (AvgIpc) is 3.03. The summed E-state index contributed by atoms with van der Waals surface area (Å²) in [4.78, 5) is 35.7. The molecule has 7 heteroatoms. The van der Waals surface area contributed by atoms with Gasteiger partial charge in [-0.15, -0.1) is 6.58 Å². The molecule has 1 fully saturated rings. The fraction of sp³-hybridized carbons (Fsp3) is 0.160. The summed E-state index contributed by atoms with van der Waals surface area (Å²) in [6.45, 7) is 6.75. The molecule has 7 nitrogen and oxygen atoms in total. The van der Waals surface area contributed by atoms with Crippen molar-refractivity contribution in [3.05, 3.63) is 83.6 Å². The van der Waals surface area contributed by atoms with E-state index in [1.807, 2.05) is 61.5 Å². The minimum atomic E-state index is -0.815. The number of carbonyl (C=O) groups excluding carboxylic acids is 3. The van der Waals surface area contributed by atoms with E-state index in [4.69, 9.17) is 4.74 Å². The first-order valence-corrected chi connectivity index (χ1v) is 10.3. The smallest absolute Gasteiger partial charge is 0.328 e. The van der Waals surface area contributed by atoms with E-state index < -0.39 is 17.8 Å². The largest absolute Gasteiger partial charge is 0.491 e. The number of allylic oxidation sites excluding steroid dienone is 1. The molecule has 0 unspecified atom stereocenters. The van der Waals surface area contributed by atoms with Gasteiger partial charge in [-0.3, -0.25) is 20.2 Å². The van der Waals surface area contributed by atoms with Crippen LogP contribution in [0, 0.1) is 6.92 Å². The Morgan fingerprint density at radius 3 is 2.44 bits per heavy atom. The number of nitrogens with one attached hydrogen (secondary N) is 2. The molecule has 1 saturated heterocycles. The number of rotatable bonds is 7. The molecule has 0 spiro atoms. The number of amides is 4. The van der Waals surface area contributed by atoms with Gasteiger partial charge in [0.05, 0.1) is 6.54 Å². The number of fused-ring (bicyclic) bond motifs is 1. The van der Waals surface area contributed by atoms with Gasteiger partial charge in [-0.25, -0.2) is 4.79 Å². The second kappa shape index (κ2) is 8.93. The number of carbonyl (C=O) groups is 3. The number of imide groups is 2. The summed E-state index contributed by atoms with van der Waals surface area (Å²) < 4.78 is 8.15. The van der Waals surface area contributed by atoms with Crippen LogP contribution in [0.3, 0.4) is 0 Å². The van der Waals surface area contributed by atoms with Crippen molar-refractivity contribution in [2.45, 2.75) is 19.9 Å². The maximum atomic E-state index is 12.2. The number of para-hydroxylation sites is 2. The van der Waals surface area contributed by atoms with E-state index in [2.05, 4.69) is 21.8 Å². The van der Waals surface area contributed by atoms with Gasteiger partial charge >= 0.3 is 6.03 Å². The summed E-state index contributed by atoms with van der Waals surface area (Å²) in [6, 6.07) is 14.8. The van der Waals surface area contributed by atoms with Gasteiger partial charge in [0, 0.05) is 22.2 Å². The van der Waals surface area contributed by atoms with E-state index in [1.54, 1.807) is 0 Å². The number of urea groups is 1. The third-order valence-corrected chi connectivity index (χ3v) is 5.42. The second-order valence-corrected chi connectivity index (χ2v) is 7.41. The molecular formula is C25H23N3O4. The molecule has 4 amide bonds. The summed E-state index contributed by atoms with van der Waals surface area (Å²) in [5.41, 5.74) is 3.57. The van der Waals surface area contributed by atoms with Gasteiger partial charge in [-0.2, -0.15) is 0 Å². The Hall–Kier alpha value is -4.13. The lowest BCUT2D eigenvalue weighted by atomic mass is 10.1. The highest BCUT2D eigenvalue weighted by atomic mass is 16.5. The molecule has 2 N–H and O–H groups in total. The summed E-state index contributed by atoms with van der Waals surface area (Å²) >= 11 is 0. The summed E-state index contributed by atoms with van der Waals surface area (Å²) in [6.07, 6.45) is 4.11. The normalized spacial score (nSPS) is 13.7. The molecule has 2 heterocycles. The average molecular weight is 429 g/mol. The predicted molar refractivity (Wildman–Crippen MR) is 122 cm³/mol. The van der Waals surface area contributed by atoms with Crippen molar-refractivity contribution in [3.8, 4) is 5.75 Å². The lowest BCUT2D eigenvalue weighted by molar-refractivity contribution is -0.123. The van der Waals surface area contributed by atoms with Gasteiger partial charge in [0.25, 0.3) is 11.8 Å². The predicted octanol–water partition coefficient (Wildman–Crippen LogP) is 3.51. The van der Waals surface area contributed by atoms with Gasteiger partial charge < -0.3 is 9.30 Å². The van der Waals surface area contributed by atoms with Crippen LogP contribution >= 0.6 is 0 Å². The highest BCUT2D eigenvalue weighted by Crippen LogP contribution is 2.28. The number of hydrogen-bond donors (Lipinski definition) is 2. The SMILES string of the molecule is C=CCc1ccccc1OCCn1c(C)c(C=C2C(=O)NC(=O)NC2=O)c2ccccc21. The molecule has 0 bridgehead atoms. The van der Waals surface area contributed by atoms with Gasteiger partial charge in [0.1, 0.15) is 17.9 Å². The Kier molecular flexibility index (Phi) is 5.89. The van der Waals surface area contributed by atoms with E-state index in [0.29, 0.717) is 13.2 Å². The molecule has 32 heavy (non-hydrogen) atoms. The molecule has 1 aromatic heterocycles. The van der Waals surface area contributed by atoms with Crippen LogP contribution < -0.4 is 15.4 Å². The van der Waals surface area contributed by atoms with E-state index in [-0.39, 0.29) is 5.57 Å². The standard InChI is InChI=1S/C25H23N3O4/c1-3-8-17-9-4-7-12-22(17)32-14-13-28-16(2)19(18-10-5-6-11-21(18)28)15-20-23(29)26-25(31)27-24(20)30/h3-7,9-12,15H,1,8,13-14H2,2H3,(H2,26,27,29,30,31). The molecule has 3 aromatic rings. The number of hydrogen-bond acceptors (Lipinski definition) is 4. The molecule has 4 rings (SSSR count). The summed E-state index contributed by atoms with van der Waals surface area (Å²) in [5.74, 6) is -0.599. The van der Waals surface area contributed by atoms with Crippen LogP contribution in [0.25, 0.3) is 17.0 Å². The van der Waals surface area contributed by atoms with Gasteiger partial charge in [0.15, 0.2) is 0 Å². The van der Waals surface area contributed by atoms with Crippen molar-refractivity contribution in [2.24, 2.45) is 0 Å². The first-order valence-electron chi connectivity index (χ1n) is 10.3. The van der Waals surface area contributed by atoms with Crippen molar-refractivity contribution in [1.29, 1.82) is 0 Å². The van der Waals surface area contributed by atoms with Crippen molar-refractivity contribution in [2.75, 3.05) is 6.61 Å². The lowest BCUT2D eigenvalue weighted by Gasteiger charge is -2.14. The monoisotopic (exact) mass is 429 g/mol. The number of benzene rings is 2. The Bertz CT molecular complexity index is 1250. The van der Waals surface area contributed by atoms with E-state index >= 15 is 0 Å². The van der Waals surface area contributed by atoms with E-state index in [1.165, 1.54) is 6.08 Å². The van der Waals surface area contributed by atoms with E-state index in [0.717, 1.165) is 39.9 Å². The quantitative estimate of drug-likeness (QED) is 0.342. The van der Waals surface area contributed by atoms with Crippen LogP contribution in [0.5, 0.6) is 5.75 Å². The molecular weight excluding hydrogens is 406 g/mol.